The Morgan fingerprint density at radius 1 is 1.44 bits per heavy atom. The lowest BCUT2D eigenvalue weighted by atomic mass is 10.1. The second-order valence-electron chi connectivity index (χ2n) is 4.87. The van der Waals surface area contributed by atoms with Gasteiger partial charge in [-0.3, -0.25) is 9.78 Å². The van der Waals surface area contributed by atoms with Crippen molar-refractivity contribution in [1.82, 2.24) is 10.3 Å². The Bertz CT molecular complexity index is 391. The Hall–Kier alpha value is -1.22. The molecule has 0 aromatic carbocycles. The smallest absolute Gasteiger partial charge is 0.161 e. The summed E-state index contributed by atoms with van der Waals surface area (Å²) in [7, 11) is 0. The molecule has 1 heterocycles. The Morgan fingerprint density at radius 3 is 2.50 bits per heavy atom. The first-order chi connectivity index (χ1) is 7.53. The van der Waals surface area contributed by atoms with Crippen LogP contribution in [0.1, 0.15) is 49.7 Å². The number of Topliss-reactive ketones (excluding diaryl/α,β-unsaturated/α-hetero) is 1. The summed E-state index contributed by atoms with van der Waals surface area (Å²) in [5.74, 6) is 0.0701. The first-order valence-electron chi connectivity index (χ1n) is 5.79. The zero-order valence-corrected chi connectivity index (χ0v) is 10.1. The number of pyridine rings is 1. The molecule has 1 aromatic rings. The molecule has 0 radical (unpaired) electrons. The van der Waals surface area contributed by atoms with Crippen LogP contribution in [0.2, 0.25) is 0 Å². The fourth-order valence-electron chi connectivity index (χ4n) is 2.04. The van der Waals surface area contributed by atoms with E-state index in [9.17, 15) is 4.79 Å². The zero-order chi connectivity index (χ0) is 11.8. The van der Waals surface area contributed by atoms with E-state index in [1.165, 1.54) is 0 Å². The van der Waals surface area contributed by atoms with Crippen LogP contribution in [0.4, 0.5) is 0 Å². The van der Waals surface area contributed by atoms with Gasteiger partial charge in [-0.05, 0) is 45.7 Å². The third-order valence-electron chi connectivity index (χ3n) is 2.98. The molecule has 3 nitrogen and oxygen atoms in total. The lowest BCUT2D eigenvalue weighted by Crippen LogP contribution is -2.35. The highest BCUT2D eigenvalue weighted by Gasteiger charge is 2.45. The van der Waals surface area contributed by atoms with E-state index < -0.39 is 0 Å². The quantitative estimate of drug-likeness (QED) is 0.788. The van der Waals surface area contributed by atoms with E-state index in [4.69, 9.17) is 0 Å². The molecule has 86 valence electrons. The summed E-state index contributed by atoms with van der Waals surface area (Å²) in [5, 5.41) is 3.55. The molecule has 0 bridgehead atoms. The van der Waals surface area contributed by atoms with Gasteiger partial charge in [0, 0.05) is 17.8 Å². The van der Waals surface area contributed by atoms with E-state index >= 15 is 0 Å². The SMILES string of the molecule is CC(=O)c1ccc(C2(NC(C)C)CC2)nc1. The van der Waals surface area contributed by atoms with Gasteiger partial charge in [0.25, 0.3) is 0 Å². The topological polar surface area (TPSA) is 42.0 Å². The van der Waals surface area contributed by atoms with Crippen molar-refractivity contribution in [3.8, 4) is 0 Å². The summed E-state index contributed by atoms with van der Waals surface area (Å²) in [6.07, 6.45) is 3.95. The van der Waals surface area contributed by atoms with E-state index in [1.807, 2.05) is 12.1 Å². The summed E-state index contributed by atoms with van der Waals surface area (Å²) < 4.78 is 0. The highest BCUT2D eigenvalue weighted by molar-refractivity contribution is 5.93. The highest BCUT2D eigenvalue weighted by Crippen LogP contribution is 2.44. The van der Waals surface area contributed by atoms with Crippen LogP contribution >= 0.6 is 0 Å². The minimum absolute atomic E-state index is 0.0701. The van der Waals surface area contributed by atoms with E-state index in [2.05, 4.69) is 24.1 Å². The van der Waals surface area contributed by atoms with E-state index in [0.717, 1.165) is 18.5 Å². The Morgan fingerprint density at radius 2 is 2.12 bits per heavy atom. The second-order valence-corrected chi connectivity index (χ2v) is 4.87. The molecule has 1 fully saturated rings. The molecule has 1 saturated carbocycles. The second kappa shape index (κ2) is 3.98. The van der Waals surface area contributed by atoms with E-state index in [1.54, 1.807) is 13.1 Å². The first kappa shape index (κ1) is 11.3. The monoisotopic (exact) mass is 218 g/mol. The molecule has 1 aliphatic rings. The Balaban J connectivity index is 2.19. The number of nitrogens with zero attached hydrogens (tertiary/aromatic N) is 1. The highest BCUT2D eigenvalue weighted by atomic mass is 16.1. The average molecular weight is 218 g/mol. The van der Waals surface area contributed by atoms with Crippen molar-refractivity contribution in [3.05, 3.63) is 29.6 Å². The molecule has 0 saturated heterocycles. The number of aromatic nitrogens is 1. The van der Waals surface area contributed by atoms with Crippen LogP contribution in [0.25, 0.3) is 0 Å². The summed E-state index contributed by atoms with van der Waals surface area (Å²) in [4.78, 5) is 15.5. The molecule has 1 aromatic heterocycles. The van der Waals surface area contributed by atoms with Crippen molar-refractivity contribution >= 4 is 5.78 Å². The largest absolute Gasteiger partial charge is 0.304 e. The molecule has 0 amide bonds. The molecular formula is C13H18N2O. The third-order valence-corrected chi connectivity index (χ3v) is 2.98. The summed E-state index contributed by atoms with van der Waals surface area (Å²) in [6.45, 7) is 5.85. The van der Waals surface area contributed by atoms with Crippen LogP contribution in [0, 0.1) is 0 Å². The van der Waals surface area contributed by atoms with Gasteiger partial charge < -0.3 is 5.32 Å². The number of carbonyl (C=O) groups is 1. The fourth-order valence-corrected chi connectivity index (χ4v) is 2.04. The predicted molar refractivity (Wildman–Crippen MR) is 63.4 cm³/mol. The number of ketones is 1. The molecule has 0 atom stereocenters. The van der Waals surface area contributed by atoms with Gasteiger partial charge >= 0.3 is 0 Å². The number of hydrogen-bond donors (Lipinski definition) is 1. The Kier molecular flexibility index (Phi) is 2.80. The van der Waals surface area contributed by atoms with Crippen LogP contribution < -0.4 is 5.32 Å². The molecule has 16 heavy (non-hydrogen) atoms. The maximum Gasteiger partial charge on any atom is 0.161 e. The van der Waals surface area contributed by atoms with Gasteiger partial charge in [0.05, 0.1) is 11.2 Å². The summed E-state index contributed by atoms with van der Waals surface area (Å²) in [6, 6.07) is 4.29. The number of carbonyl (C=O) groups excluding carboxylic acids is 1. The predicted octanol–water partition coefficient (Wildman–Crippen LogP) is 2.27. The molecular weight excluding hydrogens is 200 g/mol. The normalized spacial score (nSPS) is 17.5. The van der Waals surface area contributed by atoms with Gasteiger partial charge in [0.1, 0.15) is 0 Å². The molecule has 2 rings (SSSR count). The van der Waals surface area contributed by atoms with Gasteiger partial charge in [-0.15, -0.1) is 0 Å². The van der Waals surface area contributed by atoms with E-state index in [0.29, 0.717) is 11.6 Å². The number of rotatable bonds is 4. The van der Waals surface area contributed by atoms with Crippen LogP contribution in [0.15, 0.2) is 18.3 Å². The van der Waals surface area contributed by atoms with Gasteiger partial charge in [-0.1, -0.05) is 0 Å². The van der Waals surface area contributed by atoms with Crippen molar-refractivity contribution < 1.29 is 4.79 Å². The average Bonchev–Trinajstić information content (AvgIpc) is 2.98. The first-order valence-corrected chi connectivity index (χ1v) is 5.79. The van der Waals surface area contributed by atoms with Crippen LogP contribution in [0.5, 0.6) is 0 Å². The van der Waals surface area contributed by atoms with Crippen LogP contribution in [-0.4, -0.2) is 16.8 Å². The molecule has 0 unspecified atom stereocenters. The molecule has 0 spiro atoms. The van der Waals surface area contributed by atoms with Crippen molar-refractivity contribution in [2.45, 2.75) is 45.2 Å². The zero-order valence-electron chi connectivity index (χ0n) is 10.1. The lowest BCUT2D eigenvalue weighted by Gasteiger charge is -2.19. The van der Waals surface area contributed by atoms with Crippen LogP contribution in [0.3, 0.4) is 0 Å². The van der Waals surface area contributed by atoms with Crippen molar-refractivity contribution in [3.63, 3.8) is 0 Å². The van der Waals surface area contributed by atoms with Gasteiger partial charge in [-0.2, -0.15) is 0 Å². The minimum atomic E-state index is 0.0701. The van der Waals surface area contributed by atoms with E-state index in [-0.39, 0.29) is 11.3 Å². The third kappa shape index (κ3) is 2.14. The molecule has 0 aliphatic heterocycles. The van der Waals surface area contributed by atoms with Gasteiger partial charge in [-0.25, -0.2) is 0 Å². The lowest BCUT2D eigenvalue weighted by molar-refractivity contribution is 0.101. The number of nitrogens with one attached hydrogen (secondary N) is 1. The Labute approximate surface area is 96.3 Å². The van der Waals surface area contributed by atoms with Crippen molar-refractivity contribution in [1.29, 1.82) is 0 Å². The van der Waals surface area contributed by atoms with Gasteiger partial charge in [0.15, 0.2) is 5.78 Å². The maximum atomic E-state index is 11.1. The molecule has 3 heteroatoms. The molecule has 1 N–H and O–H groups in total. The summed E-state index contributed by atoms with van der Waals surface area (Å²) >= 11 is 0. The van der Waals surface area contributed by atoms with Crippen molar-refractivity contribution in [2.75, 3.05) is 0 Å². The molecule has 1 aliphatic carbocycles. The maximum absolute atomic E-state index is 11.1. The summed E-state index contributed by atoms with van der Waals surface area (Å²) in [5.41, 5.74) is 1.82. The fraction of sp³-hybridized carbons (Fsp3) is 0.538. The van der Waals surface area contributed by atoms with Crippen molar-refractivity contribution in [2.24, 2.45) is 0 Å². The van der Waals surface area contributed by atoms with Gasteiger partial charge in [0.2, 0.25) is 0 Å². The van der Waals surface area contributed by atoms with Crippen LogP contribution in [-0.2, 0) is 5.54 Å². The number of hydrogen-bond acceptors (Lipinski definition) is 3. The standard InChI is InChI=1S/C13H18N2O/c1-9(2)15-13(6-7-13)12-5-4-11(8-14-12)10(3)16/h4-5,8-9,15H,6-7H2,1-3H3. The minimum Gasteiger partial charge on any atom is -0.304 e.